The summed E-state index contributed by atoms with van der Waals surface area (Å²) in [6, 6.07) is 11.1. The molecule has 0 saturated carbocycles. The quantitative estimate of drug-likeness (QED) is 0.876. The third-order valence-electron chi connectivity index (χ3n) is 3.24. The summed E-state index contributed by atoms with van der Waals surface area (Å²) in [4.78, 5) is 23.9. The van der Waals surface area contributed by atoms with Gasteiger partial charge in [-0.1, -0.05) is 18.2 Å². The number of nitrogens with one attached hydrogen (secondary N) is 1. The molecule has 0 aliphatic rings. The van der Waals surface area contributed by atoms with Gasteiger partial charge in [-0.2, -0.15) is 0 Å². The second-order valence-corrected chi connectivity index (χ2v) is 5.13. The van der Waals surface area contributed by atoms with E-state index >= 15 is 0 Å². The number of hydrogen-bond donors (Lipinski definition) is 2. The fourth-order valence-corrected chi connectivity index (χ4v) is 2.29. The van der Waals surface area contributed by atoms with Crippen LogP contribution in [0.1, 0.15) is 5.56 Å². The molecule has 2 aromatic carbocycles. The first-order chi connectivity index (χ1) is 10.5. The lowest BCUT2D eigenvalue weighted by Gasteiger charge is -2.16. The summed E-state index contributed by atoms with van der Waals surface area (Å²) in [6.45, 7) is 0.692. The van der Waals surface area contributed by atoms with Crippen molar-refractivity contribution in [2.45, 2.75) is 6.54 Å². The molecule has 22 heavy (non-hydrogen) atoms. The van der Waals surface area contributed by atoms with Crippen LogP contribution in [0.4, 0.5) is 4.79 Å². The molecule has 0 aliphatic carbocycles. The third-order valence-corrected chi connectivity index (χ3v) is 3.24. The van der Waals surface area contributed by atoms with Gasteiger partial charge < -0.3 is 10.5 Å². The molecule has 0 aliphatic heterocycles. The molecule has 2 aromatic rings. The van der Waals surface area contributed by atoms with Crippen LogP contribution in [0.2, 0.25) is 0 Å². The van der Waals surface area contributed by atoms with Crippen molar-refractivity contribution in [3.63, 3.8) is 0 Å². The number of rotatable bonds is 5. The molecular weight excluding hydrogens is 282 g/mol. The first kappa shape index (κ1) is 15.8. The maximum absolute atomic E-state index is 11.5. The third kappa shape index (κ3) is 4.20. The molecule has 0 atom stereocenters. The van der Waals surface area contributed by atoms with Crippen LogP contribution in [0.3, 0.4) is 0 Å². The Bertz CT molecular complexity index is 700. The van der Waals surface area contributed by atoms with Crippen molar-refractivity contribution in [3.8, 4) is 5.75 Å². The van der Waals surface area contributed by atoms with Gasteiger partial charge in [0, 0.05) is 6.54 Å². The second-order valence-electron chi connectivity index (χ2n) is 5.13. The number of carbonyl (C=O) groups excluding carboxylic acids is 2. The standard InChI is InChI=1S/C16H19N3O3/c1-19(10-15(20)18-16(17)21)9-11-3-4-13-8-14(22-2)6-5-12(13)7-11/h3-8H,9-10H2,1-2H3,(H3,17,18,20,21). The van der Waals surface area contributed by atoms with Crippen molar-refractivity contribution in [2.75, 3.05) is 20.7 Å². The van der Waals surface area contributed by atoms with Crippen LogP contribution >= 0.6 is 0 Å². The molecule has 0 bridgehead atoms. The van der Waals surface area contributed by atoms with Crippen molar-refractivity contribution in [1.82, 2.24) is 10.2 Å². The van der Waals surface area contributed by atoms with Crippen molar-refractivity contribution in [1.29, 1.82) is 0 Å². The Kier molecular flexibility index (Phi) is 4.95. The molecule has 0 saturated heterocycles. The SMILES string of the molecule is COc1ccc2cc(CN(C)CC(=O)NC(N)=O)ccc2c1. The van der Waals surface area contributed by atoms with Gasteiger partial charge in [0.05, 0.1) is 13.7 Å². The van der Waals surface area contributed by atoms with E-state index in [9.17, 15) is 9.59 Å². The van der Waals surface area contributed by atoms with Gasteiger partial charge in [0.2, 0.25) is 5.91 Å². The number of hydrogen-bond acceptors (Lipinski definition) is 4. The first-order valence-electron chi connectivity index (χ1n) is 6.82. The zero-order chi connectivity index (χ0) is 16.1. The van der Waals surface area contributed by atoms with Crippen LogP contribution in [-0.4, -0.2) is 37.5 Å². The number of nitrogens with two attached hydrogens (primary N) is 1. The van der Waals surface area contributed by atoms with E-state index in [1.54, 1.807) is 14.2 Å². The second kappa shape index (κ2) is 6.91. The van der Waals surface area contributed by atoms with Crippen molar-refractivity contribution in [3.05, 3.63) is 42.0 Å². The zero-order valence-electron chi connectivity index (χ0n) is 12.6. The van der Waals surface area contributed by atoms with E-state index in [0.29, 0.717) is 6.54 Å². The minimum Gasteiger partial charge on any atom is -0.497 e. The largest absolute Gasteiger partial charge is 0.497 e. The Hall–Kier alpha value is -2.60. The van der Waals surface area contributed by atoms with Gasteiger partial charge in [-0.3, -0.25) is 15.0 Å². The molecule has 0 fully saturated rings. The number of nitrogens with zero attached hydrogens (tertiary/aromatic N) is 1. The van der Waals surface area contributed by atoms with E-state index in [1.165, 1.54) is 0 Å². The average molecular weight is 301 g/mol. The van der Waals surface area contributed by atoms with Crippen molar-refractivity contribution in [2.24, 2.45) is 5.73 Å². The number of imide groups is 1. The Morgan fingerprint density at radius 3 is 2.55 bits per heavy atom. The van der Waals surface area contributed by atoms with Crippen molar-refractivity contribution >= 4 is 22.7 Å². The number of carbonyl (C=O) groups is 2. The number of methoxy groups -OCH3 is 1. The molecule has 0 aromatic heterocycles. The molecule has 0 unspecified atom stereocenters. The Morgan fingerprint density at radius 1 is 1.18 bits per heavy atom. The number of likely N-dealkylation sites (N-methyl/N-ethyl adjacent to an activating group) is 1. The summed E-state index contributed by atoms with van der Waals surface area (Å²) in [5.41, 5.74) is 5.98. The Labute approximate surface area is 128 Å². The topological polar surface area (TPSA) is 84.7 Å². The van der Waals surface area contributed by atoms with Gasteiger partial charge in [-0.15, -0.1) is 0 Å². The summed E-state index contributed by atoms with van der Waals surface area (Å²) in [6.07, 6.45) is 0. The Balaban J connectivity index is 2.05. The Morgan fingerprint density at radius 2 is 1.86 bits per heavy atom. The number of ether oxygens (including phenoxy) is 1. The van der Waals surface area contributed by atoms with Crippen LogP contribution in [-0.2, 0) is 11.3 Å². The lowest BCUT2D eigenvalue weighted by Crippen LogP contribution is -2.41. The van der Waals surface area contributed by atoms with Crippen LogP contribution in [0.25, 0.3) is 10.8 Å². The summed E-state index contributed by atoms with van der Waals surface area (Å²) in [5.74, 6) is 0.404. The van der Waals surface area contributed by atoms with Gasteiger partial charge in [0.15, 0.2) is 0 Å². The van der Waals surface area contributed by atoms with E-state index < -0.39 is 11.9 Å². The molecular formula is C16H19N3O3. The highest BCUT2D eigenvalue weighted by molar-refractivity contribution is 5.94. The molecule has 3 N–H and O–H groups in total. The smallest absolute Gasteiger partial charge is 0.318 e. The van der Waals surface area contributed by atoms with Gasteiger partial charge in [-0.25, -0.2) is 4.79 Å². The number of amides is 3. The number of urea groups is 1. The summed E-state index contributed by atoms with van der Waals surface area (Å²) in [5, 5.41) is 4.25. The van der Waals surface area contributed by atoms with Gasteiger partial charge >= 0.3 is 6.03 Å². The van der Waals surface area contributed by atoms with Gasteiger partial charge in [-0.05, 0) is 41.6 Å². The van der Waals surface area contributed by atoms with Crippen LogP contribution in [0.5, 0.6) is 5.75 Å². The van der Waals surface area contributed by atoms with E-state index in [4.69, 9.17) is 10.5 Å². The maximum atomic E-state index is 11.5. The molecule has 0 heterocycles. The normalized spacial score (nSPS) is 10.7. The highest BCUT2D eigenvalue weighted by Crippen LogP contribution is 2.22. The first-order valence-corrected chi connectivity index (χ1v) is 6.82. The van der Waals surface area contributed by atoms with E-state index in [1.807, 2.05) is 40.5 Å². The fraction of sp³-hybridized carbons (Fsp3) is 0.250. The zero-order valence-corrected chi connectivity index (χ0v) is 12.6. The van der Waals surface area contributed by atoms with Gasteiger partial charge in [0.25, 0.3) is 0 Å². The molecule has 6 nitrogen and oxygen atoms in total. The highest BCUT2D eigenvalue weighted by Gasteiger charge is 2.09. The van der Waals surface area contributed by atoms with Gasteiger partial charge in [0.1, 0.15) is 5.75 Å². The van der Waals surface area contributed by atoms with Crippen LogP contribution < -0.4 is 15.8 Å². The van der Waals surface area contributed by atoms with E-state index in [-0.39, 0.29) is 6.54 Å². The molecule has 6 heteroatoms. The molecule has 3 amide bonds. The van der Waals surface area contributed by atoms with E-state index in [0.717, 1.165) is 22.1 Å². The maximum Gasteiger partial charge on any atom is 0.318 e. The van der Waals surface area contributed by atoms with Crippen LogP contribution in [0.15, 0.2) is 36.4 Å². The fourth-order valence-electron chi connectivity index (χ4n) is 2.29. The predicted molar refractivity (Wildman–Crippen MR) is 84.6 cm³/mol. The molecule has 0 spiro atoms. The minimum atomic E-state index is -0.835. The molecule has 116 valence electrons. The monoisotopic (exact) mass is 301 g/mol. The van der Waals surface area contributed by atoms with Crippen molar-refractivity contribution < 1.29 is 14.3 Å². The summed E-state index contributed by atoms with van der Waals surface area (Å²) in [7, 11) is 3.44. The number of primary amides is 1. The predicted octanol–water partition coefficient (Wildman–Crippen LogP) is 1.48. The van der Waals surface area contributed by atoms with E-state index in [2.05, 4.69) is 6.07 Å². The lowest BCUT2D eigenvalue weighted by atomic mass is 10.1. The highest BCUT2D eigenvalue weighted by atomic mass is 16.5. The molecule has 2 rings (SSSR count). The average Bonchev–Trinajstić information content (AvgIpc) is 2.45. The van der Waals surface area contributed by atoms with Crippen LogP contribution in [0, 0.1) is 0 Å². The summed E-state index contributed by atoms with van der Waals surface area (Å²) >= 11 is 0. The summed E-state index contributed by atoms with van der Waals surface area (Å²) < 4.78 is 5.20. The number of fused-ring (bicyclic) bond motifs is 1. The minimum absolute atomic E-state index is 0.101. The molecule has 0 radical (unpaired) electrons. The lowest BCUT2D eigenvalue weighted by molar-refractivity contribution is -0.120. The number of benzene rings is 2.